The normalized spacial score (nSPS) is 10.4. The molecule has 16 heavy (non-hydrogen) atoms. The Hall–Kier alpha value is -0.640. The van der Waals surface area contributed by atoms with Crippen LogP contribution in [0.1, 0.15) is 5.69 Å². The van der Waals surface area contributed by atoms with Crippen molar-refractivity contribution in [2.45, 2.75) is 6.54 Å². The van der Waals surface area contributed by atoms with Gasteiger partial charge in [-0.3, -0.25) is 0 Å². The fourth-order valence-corrected chi connectivity index (χ4v) is 2.71. The van der Waals surface area contributed by atoms with Crippen molar-refractivity contribution < 1.29 is 0 Å². The van der Waals surface area contributed by atoms with Crippen LogP contribution < -0.4 is 5.32 Å². The molecule has 0 aliphatic rings. The molecule has 0 fully saturated rings. The van der Waals surface area contributed by atoms with Crippen molar-refractivity contribution in [1.82, 2.24) is 4.98 Å². The number of nitrogens with one attached hydrogen (secondary N) is 2. The summed E-state index contributed by atoms with van der Waals surface area (Å²) in [5, 5.41) is 4.40. The maximum Gasteiger partial charge on any atom is 0.0722 e. The van der Waals surface area contributed by atoms with Gasteiger partial charge in [-0.25, -0.2) is 0 Å². The predicted octanol–water partition coefficient (Wildman–Crippen LogP) is 4.70. The van der Waals surface area contributed by atoms with Gasteiger partial charge in [-0.2, -0.15) is 0 Å². The molecule has 1 aromatic carbocycles. The molecule has 0 radical (unpaired) electrons. The van der Waals surface area contributed by atoms with Gasteiger partial charge in [0.15, 0.2) is 0 Å². The lowest BCUT2D eigenvalue weighted by atomic mass is 10.3. The Balaban J connectivity index is 2.15. The van der Waals surface area contributed by atoms with Crippen molar-refractivity contribution in [2.75, 3.05) is 5.32 Å². The lowest BCUT2D eigenvalue weighted by molar-refractivity contribution is 1.07. The molecular formula is C11H9BrCl2N2. The molecule has 0 amide bonds. The number of hydrogen-bond acceptors (Lipinski definition) is 1. The smallest absolute Gasteiger partial charge is 0.0722 e. The monoisotopic (exact) mass is 318 g/mol. The first kappa shape index (κ1) is 11.8. The third kappa shape index (κ3) is 2.73. The molecule has 1 heterocycles. The molecule has 0 atom stereocenters. The van der Waals surface area contributed by atoms with E-state index in [1.54, 1.807) is 0 Å². The van der Waals surface area contributed by atoms with E-state index < -0.39 is 0 Å². The molecule has 2 N–H and O–H groups in total. The second-order valence-corrected chi connectivity index (χ2v) is 5.02. The average Bonchev–Trinajstić information content (AvgIpc) is 2.68. The largest absolute Gasteiger partial charge is 0.377 e. The zero-order valence-electron chi connectivity index (χ0n) is 8.23. The molecule has 0 saturated carbocycles. The number of aromatic amines is 1. The lowest BCUT2D eigenvalue weighted by Gasteiger charge is -2.10. The van der Waals surface area contributed by atoms with E-state index in [0.29, 0.717) is 16.6 Å². The number of benzene rings is 1. The number of aromatic nitrogens is 1. The Morgan fingerprint density at radius 3 is 2.50 bits per heavy atom. The van der Waals surface area contributed by atoms with Crippen LogP contribution in [0.25, 0.3) is 0 Å². The highest BCUT2D eigenvalue weighted by Gasteiger charge is 2.07. The summed E-state index contributed by atoms with van der Waals surface area (Å²) >= 11 is 15.5. The second-order valence-electron chi connectivity index (χ2n) is 3.29. The van der Waals surface area contributed by atoms with Gasteiger partial charge in [-0.05, 0) is 24.3 Å². The predicted molar refractivity (Wildman–Crippen MR) is 72.3 cm³/mol. The van der Waals surface area contributed by atoms with Crippen LogP contribution in [-0.2, 0) is 6.54 Å². The fourth-order valence-electron chi connectivity index (χ4n) is 1.37. The van der Waals surface area contributed by atoms with E-state index in [-0.39, 0.29) is 0 Å². The van der Waals surface area contributed by atoms with Crippen LogP contribution >= 0.6 is 39.1 Å². The number of anilines is 1. The highest BCUT2D eigenvalue weighted by molar-refractivity contribution is 9.10. The summed E-state index contributed by atoms with van der Waals surface area (Å²) in [5.41, 5.74) is 1.83. The standard InChI is InChI=1S/C11H9BrCl2N2/c12-7-4-9(13)11(10(14)5-7)16-6-8-2-1-3-15-8/h1-5,15-16H,6H2. The molecule has 0 spiro atoms. The van der Waals surface area contributed by atoms with E-state index >= 15 is 0 Å². The van der Waals surface area contributed by atoms with Gasteiger partial charge in [0.2, 0.25) is 0 Å². The van der Waals surface area contributed by atoms with E-state index in [4.69, 9.17) is 23.2 Å². The molecule has 0 saturated heterocycles. The van der Waals surface area contributed by atoms with Crippen LogP contribution in [0.3, 0.4) is 0 Å². The van der Waals surface area contributed by atoms with Gasteiger partial charge in [0.1, 0.15) is 0 Å². The van der Waals surface area contributed by atoms with Gasteiger partial charge in [0, 0.05) is 16.4 Å². The van der Waals surface area contributed by atoms with Crippen LogP contribution in [0.4, 0.5) is 5.69 Å². The van der Waals surface area contributed by atoms with E-state index in [2.05, 4.69) is 26.2 Å². The fraction of sp³-hybridized carbons (Fsp3) is 0.0909. The van der Waals surface area contributed by atoms with Crippen molar-refractivity contribution in [3.8, 4) is 0 Å². The first-order chi connectivity index (χ1) is 7.66. The minimum Gasteiger partial charge on any atom is -0.377 e. The molecule has 5 heteroatoms. The maximum absolute atomic E-state index is 6.09. The Kier molecular flexibility index (Phi) is 3.79. The van der Waals surface area contributed by atoms with Crippen LogP contribution in [0, 0.1) is 0 Å². The van der Waals surface area contributed by atoms with Crippen molar-refractivity contribution in [3.63, 3.8) is 0 Å². The highest BCUT2D eigenvalue weighted by atomic mass is 79.9. The van der Waals surface area contributed by atoms with Gasteiger partial charge >= 0.3 is 0 Å². The molecule has 0 bridgehead atoms. The minimum absolute atomic E-state index is 0.603. The van der Waals surface area contributed by atoms with Crippen molar-refractivity contribution in [1.29, 1.82) is 0 Å². The zero-order valence-corrected chi connectivity index (χ0v) is 11.3. The molecule has 2 nitrogen and oxygen atoms in total. The van der Waals surface area contributed by atoms with Gasteiger partial charge in [0.25, 0.3) is 0 Å². The lowest BCUT2D eigenvalue weighted by Crippen LogP contribution is -2.00. The van der Waals surface area contributed by atoms with E-state index in [0.717, 1.165) is 15.9 Å². The molecular weight excluding hydrogens is 311 g/mol. The van der Waals surface area contributed by atoms with Crippen LogP contribution in [0.5, 0.6) is 0 Å². The molecule has 2 rings (SSSR count). The molecule has 0 aliphatic carbocycles. The van der Waals surface area contributed by atoms with Crippen molar-refractivity contribution in [3.05, 3.63) is 50.7 Å². The Morgan fingerprint density at radius 1 is 1.25 bits per heavy atom. The van der Waals surface area contributed by atoms with Gasteiger partial charge in [0.05, 0.1) is 22.3 Å². The third-order valence-electron chi connectivity index (χ3n) is 2.12. The summed E-state index contributed by atoms with van der Waals surface area (Å²) in [6.45, 7) is 0.661. The second kappa shape index (κ2) is 5.13. The number of hydrogen-bond donors (Lipinski definition) is 2. The van der Waals surface area contributed by atoms with Gasteiger partial charge in [-0.1, -0.05) is 39.1 Å². The summed E-state index contributed by atoms with van der Waals surface area (Å²) in [4.78, 5) is 3.10. The summed E-state index contributed by atoms with van der Waals surface area (Å²) < 4.78 is 0.868. The molecule has 0 aliphatic heterocycles. The summed E-state index contributed by atoms with van der Waals surface area (Å²) in [6.07, 6.45) is 1.88. The topological polar surface area (TPSA) is 27.8 Å². The Bertz CT molecular complexity index is 460. The number of rotatable bonds is 3. The van der Waals surface area contributed by atoms with E-state index in [9.17, 15) is 0 Å². The summed E-state index contributed by atoms with van der Waals surface area (Å²) in [7, 11) is 0. The van der Waals surface area contributed by atoms with Crippen LogP contribution in [0.2, 0.25) is 10.0 Å². The molecule has 84 valence electrons. The number of halogens is 3. The third-order valence-corrected chi connectivity index (χ3v) is 3.18. The quantitative estimate of drug-likeness (QED) is 0.843. The zero-order chi connectivity index (χ0) is 11.5. The summed E-state index contributed by atoms with van der Waals surface area (Å²) in [5.74, 6) is 0. The summed E-state index contributed by atoms with van der Waals surface area (Å²) in [6, 6.07) is 7.56. The first-order valence-corrected chi connectivity index (χ1v) is 6.22. The molecule has 1 aromatic heterocycles. The van der Waals surface area contributed by atoms with Crippen LogP contribution in [-0.4, -0.2) is 4.98 Å². The maximum atomic E-state index is 6.09. The Morgan fingerprint density at radius 2 is 1.94 bits per heavy atom. The van der Waals surface area contributed by atoms with Crippen molar-refractivity contribution in [2.24, 2.45) is 0 Å². The highest BCUT2D eigenvalue weighted by Crippen LogP contribution is 2.33. The van der Waals surface area contributed by atoms with Crippen molar-refractivity contribution >= 4 is 44.8 Å². The van der Waals surface area contributed by atoms with Gasteiger partial charge < -0.3 is 10.3 Å². The minimum atomic E-state index is 0.603. The molecule has 0 unspecified atom stereocenters. The first-order valence-electron chi connectivity index (χ1n) is 4.67. The van der Waals surface area contributed by atoms with E-state index in [1.165, 1.54) is 0 Å². The average molecular weight is 320 g/mol. The number of H-pyrrole nitrogens is 1. The van der Waals surface area contributed by atoms with E-state index in [1.807, 2.05) is 30.5 Å². The SMILES string of the molecule is Clc1cc(Br)cc(Cl)c1NCc1ccc[nH]1. The molecule has 2 aromatic rings. The van der Waals surface area contributed by atoms with Gasteiger partial charge in [-0.15, -0.1) is 0 Å². The van der Waals surface area contributed by atoms with Crippen LogP contribution in [0.15, 0.2) is 34.9 Å². The Labute approximate surface area is 112 Å².